The lowest BCUT2D eigenvalue weighted by Gasteiger charge is -2.42. The molecule has 4 aliphatic rings. The number of carbonyl (C=O) groups is 2. The molecule has 0 unspecified atom stereocenters. The largest absolute Gasteiger partial charge is 0.486 e. The molecule has 13 nitrogen and oxygen atoms in total. The van der Waals surface area contributed by atoms with Gasteiger partial charge in [-0.1, -0.05) is 6.92 Å². The monoisotopic (exact) mass is 739 g/mol. The fraction of sp³-hybridized carbons (Fsp3) is 0.541. The zero-order valence-corrected chi connectivity index (χ0v) is 30.7. The van der Waals surface area contributed by atoms with E-state index in [4.69, 9.17) is 13.9 Å². The summed E-state index contributed by atoms with van der Waals surface area (Å²) < 4.78 is 62.4. The molecule has 15 heteroatoms. The van der Waals surface area contributed by atoms with Gasteiger partial charge in [0.2, 0.25) is 0 Å². The number of piperazine rings is 1. The predicted molar refractivity (Wildman–Crippen MR) is 193 cm³/mol. The summed E-state index contributed by atoms with van der Waals surface area (Å²) >= 11 is 0. The molecule has 1 saturated carbocycles. The summed E-state index contributed by atoms with van der Waals surface area (Å²) in [5, 5.41) is 0.810. The van der Waals surface area contributed by atoms with Crippen LogP contribution in [-0.4, -0.2) is 106 Å². The number of methoxy groups -OCH3 is 1. The Balaban J connectivity index is 1.14. The molecule has 7 rings (SSSR count). The van der Waals surface area contributed by atoms with Crippen molar-refractivity contribution in [2.24, 2.45) is 0 Å². The number of halogens is 1. The van der Waals surface area contributed by atoms with Crippen molar-refractivity contribution in [3.63, 3.8) is 0 Å². The van der Waals surface area contributed by atoms with Crippen LogP contribution in [0, 0.1) is 12.7 Å². The molecule has 1 N–H and O–H groups in total. The quantitative estimate of drug-likeness (QED) is 0.307. The van der Waals surface area contributed by atoms with Crippen LogP contribution < -0.4 is 20.0 Å². The molecule has 52 heavy (non-hydrogen) atoms. The number of nitrogens with one attached hydrogen (secondary N) is 1. The fourth-order valence-corrected chi connectivity index (χ4v) is 9.07. The van der Waals surface area contributed by atoms with Crippen molar-refractivity contribution in [1.29, 1.82) is 0 Å². The van der Waals surface area contributed by atoms with Gasteiger partial charge in [0.1, 0.15) is 5.58 Å². The van der Waals surface area contributed by atoms with E-state index in [0.717, 1.165) is 54.8 Å². The van der Waals surface area contributed by atoms with Gasteiger partial charge in [-0.05, 0) is 81.8 Å². The minimum absolute atomic E-state index is 0.0838. The van der Waals surface area contributed by atoms with Crippen LogP contribution in [0.1, 0.15) is 76.4 Å². The minimum atomic E-state index is -4.13. The standard InChI is InChI=1S/C37H46FN5O8S/c1-4-40-18-19-41(20-24(40)22-49-3)31-13-12-27-26-14-17-42(21-30(26)37(46)51-33(27)23(31)2)36(45)28-10-11-29(34(32(28)38)50-25-8-7-9-25)35(44)39-52(47,48)43-15-5-6-16-43/h10-13,24-25H,4-9,14-22H2,1-3H3,(H,39,44)/t24-/m1/s1. The van der Waals surface area contributed by atoms with Crippen molar-refractivity contribution >= 4 is 38.7 Å². The van der Waals surface area contributed by atoms with Crippen molar-refractivity contribution in [3.05, 3.63) is 68.3 Å². The Hall–Kier alpha value is -4.05. The zero-order valence-electron chi connectivity index (χ0n) is 29.9. The molecular formula is C37H46FN5O8S. The summed E-state index contributed by atoms with van der Waals surface area (Å²) in [7, 11) is -2.42. The Labute approximate surface area is 302 Å². The third kappa shape index (κ3) is 6.79. The predicted octanol–water partition coefficient (Wildman–Crippen LogP) is 3.60. The second-order valence-corrected chi connectivity index (χ2v) is 15.8. The van der Waals surface area contributed by atoms with Crippen LogP contribution in [0.4, 0.5) is 10.1 Å². The number of anilines is 1. The molecule has 3 aliphatic heterocycles. The summed E-state index contributed by atoms with van der Waals surface area (Å²) in [6.45, 7) is 8.89. The number of amides is 2. The first-order chi connectivity index (χ1) is 25.0. The number of aryl methyl sites for hydroxylation is 1. The highest BCUT2D eigenvalue weighted by molar-refractivity contribution is 7.87. The Morgan fingerprint density at radius 1 is 1.00 bits per heavy atom. The molecule has 3 fully saturated rings. The van der Waals surface area contributed by atoms with E-state index in [1.165, 1.54) is 21.3 Å². The van der Waals surface area contributed by atoms with E-state index in [0.29, 0.717) is 49.9 Å². The topological polar surface area (TPSA) is 142 Å². The van der Waals surface area contributed by atoms with E-state index in [1.54, 1.807) is 7.11 Å². The Morgan fingerprint density at radius 2 is 1.75 bits per heavy atom. The maximum absolute atomic E-state index is 16.3. The Morgan fingerprint density at radius 3 is 2.44 bits per heavy atom. The smallest absolute Gasteiger partial charge is 0.341 e. The molecule has 1 atom stereocenters. The molecule has 3 aromatic rings. The molecule has 2 saturated heterocycles. The summed E-state index contributed by atoms with van der Waals surface area (Å²) in [6.07, 6.45) is 3.51. The van der Waals surface area contributed by atoms with Gasteiger partial charge in [-0.2, -0.15) is 12.7 Å². The van der Waals surface area contributed by atoms with Crippen LogP contribution in [0.2, 0.25) is 0 Å². The van der Waals surface area contributed by atoms with Gasteiger partial charge >= 0.3 is 15.8 Å². The van der Waals surface area contributed by atoms with E-state index < -0.39 is 39.2 Å². The average Bonchev–Trinajstić information content (AvgIpc) is 3.67. The number of fused-ring (bicyclic) bond motifs is 3. The van der Waals surface area contributed by atoms with Crippen molar-refractivity contribution in [2.75, 3.05) is 64.4 Å². The first kappa shape index (κ1) is 36.3. The van der Waals surface area contributed by atoms with E-state index in [1.807, 2.05) is 17.7 Å². The molecule has 0 spiro atoms. The van der Waals surface area contributed by atoms with E-state index in [2.05, 4.69) is 22.8 Å². The highest BCUT2D eigenvalue weighted by Crippen LogP contribution is 2.36. The minimum Gasteiger partial charge on any atom is -0.486 e. The van der Waals surface area contributed by atoms with Crippen molar-refractivity contribution < 1.29 is 36.3 Å². The number of benzene rings is 2. The number of hydrogen-bond acceptors (Lipinski definition) is 10. The van der Waals surface area contributed by atoms with Crippen molar-refractivity contribution in [1.82, 2.24) is 18.8 Å². The maximum Gasteiger partial charge on any atom is 0.341 e. The molecular weight excluding hydrogens is 693 g/mol. The normalized spacial score (nSPS) is 20.2. The van der Waals surface area contributed by atoms with Gasteiger partial charge in [-0.3, -0.25) is 14.5 Å². The van der Waals surface area contributed by atoms with E-state index in [-0.39, 0.29) is 49.5 Å². The van der Waals surface area contributed by atoms with Crippen LogP contribution in [0.3, 0.4) is 0 Å². The first-order valence-electron chi connectivity index (χ1n) is 18.2. The first-order valence-corrected chi connectivity index (χ1v) is 19.6. The molecule has 1 aliphatic carbocycles. The molecule has 2 aromatic carbocycles. The number of hydrogen-bond donors (Lipinski definition) is 1. The van der Waals surface area contributed by atoms with Crippen LogP contribution in [0.25, 0.3) is 11.0 Å². The van der Waals surface area contributed by atoms with Gasteiger partial charge in [0.25, 0.3) is 11.8 Å². The Bertz CT molecular complexity index is 2050. The second kappa shape index (κ2) is 14.8. The van der Waals surface area contributed by atoms with E-state index >= 15 is 4.39 Å². The molecule has 0 radical (unpaired) electrons. The zero-order chi connectivity index (χ0) is 36.7. The third-order valence-electron chi connectivity index (χ3n) is 11.0. The number of ether oxygens (including phenoxy) is 2. The van der Waals surface area contributed by atoms with Crippen molar-refractivity contribution in [3.8, 4) is 5.75 Å². The van der Waals surface area contributed by atoms with Gasteiger partial charge in [-0.15, -0.1) is 0 Å². The van der Waals surface area contributed by atoms with E-state index in [9.17, 15) is 22.8 Å². The average molecular weight is 740 g/mol. The molecule has 1 aromatic heterocycles. The fourth-order valence-electron chi connectivity index (χ4n) is 7.85. The summed E-state index contributed by atoms with van der Waals surface area (Å²) in [4.78, 5) is 46.7. The van der Waals surface area contributed by atoms with Crippen LogP contribution in [-0.2, 0) is 27.9 Å². The van der Waals surface area contributed by atoms with Crippen LogP contribution >= 0.6 is 0 Å². The van der Waals surface area contributed by atoms with Crippen LogP contribution in [0.15, 0.2) is 33.5 Å². The molecule has 280 valence electrons. The number of rotatable bonds is 10. The Kier molecular flexibility index (Phi) is 10.3. The summed E-state index contributed by atoms with van der Waals surface area (Å²) in [5.41, 5.74) is 2.34. The van der Waals surface area contributed by atoms with Gasteiger partial charge in [-0.25, -0.2) is 13.9 Å². The second-order valence-electron chi connectivity index (χ2n) is 14.1. The SMILES string of the molecule is CCN1CCN(c2ccc3c4c(c(=O)oc3c2C)CN(C(=O)c2ccc(C(=O)NS(=O)(=O)N3CCCC3)c(OC3CCC3)c2F)CC4)C[C@@H]1COC. The maximum atomic E-state index is 16.3. The van der Waals surface area contributed by atoms with Gasteiger partial charge in [0, 0.05) is 63.0 Å². The van der Waals surface area contributed by atoms with Gasteiger partial charge in [0.15, 0.2) is 11.6 Å². The number of carbonyl (C=O) groups excluding carboxylic acids is 2. The lowest BCUT2D eigenvalue weighted by atomic mass is 9.94. The summed E-state index contributed by atoms with van der Waals surface area (Å²) in [6, 6.07) is 6.68. The van der Waals surface area contributed by atoms with Gasteiger partial charge < -0.3 is 23.7 Å². The lowest BCUT2D eigenvalue weighted by molar-refractivity contribution is 0.0721. The summed E-state index contributed by atoms with van der Waals surface area (Å²) in [5.74, 6) is -3.22. The third-order valence-corrected chi connectivity index (χ3v) is 12.5. The lowest BCUT2D eigenvalue weighted by Crippen LogP contribution is -2.55. The van der Waals surface area contributed by atoms with Gasteiger partial charge in [0.05, 0.1) is 42.0 Å². The molecule has 2 amide bonds. The van der Waals surface area contributed by atoms with Crippen LogP contribution in [0.5, 0.6) is 5.75 Å². The number of likely N-dealkylation sites (N-methyl/N-ethyl adjacent to an activating group) is 1. The highest BCUT2D eigenvalue weighted by atomic mass is 32.2. The highest BCUT2D eigenvalue weighted by Gasteiger charge is 2.35. The number of nitrogens with zero attached hydrogens (tertiary/aromatic N) is 4. The molecule has 4 heterocycles. The molecule has 0 bridgehead atoms. The van der Waals surface area contributed by atoms with Crippen molar-refractivity contribution in [2.45, 2.75) is 71.1 Å².